The molecule has 30 heavy (non-hydrogen) atoms. The van der Waals surface area contributed by atoms with Crippen LogP contribution in [-0.4, -0.2) is 46.0 Å². The molecule has 1 heterocycles. The van der Waals surface area contributed by atoms with Crippen molar-refractivity contribution in [2.75, 3.05) is 18.4 Å². The maximum absolute atomic E-state index is 12.3. The SMILES string of the molecule is O=C(CCN1CCc2ccccc2C1)Nc1ccc2c(c1)CCC2.O=C(O)C(=O)O. The van der Waals surface area contributed by atoms with E-state index in [4.69, 9.17) is 19.8 Å². The molecular formula is C23H26N2O5. The van der Waals surface area contributed by atoms with Crippen LogP contribution in [0.2, 0.25) is 0 Å². The van der Waals surface area contributed by atoms with Crippen molar-refractivity contribution in [1.82, 2.24) is 4.90 Å². The molecule has 1 aliphatic heterocycles. The fourth-order valence-corrected chi connectivity index (χ4v) is 3.88. The van der Waals surface area contributed by atoms with Crippen molar-refractivity contribution in [2.24, 2.45) is 0 Å². The van der Waals surface area contributed by atoms with Crippen molar-refractivity contribution in [1.29, 1.82) is 0 Å². The van der Waals surface area contributed by atoms with Crippen LogP contribution < -0.4 is 5.32 Å². The summed E-state index contributed by atoms with van der Waals surface area (Å²) in [5.41, 5.74) is 6.66. The summed E-state index contributed by atoms with van der Waals surface area (Å²) in [7, 11) is 0. The summed E-state index contributed by atoms with van der Waals surface area (Å²) in [6.07, 6.45) is 5.21. The fraction of sp³-hybridized carbons (Fsp3) is 0.348. The highest BCUT2D eigenvalue weighted by atomic mass is 16.4. The molecule has 0 radical (unpaired) electrons. The smallest absolute Gasteiger partial charge is 0.414 e. The number of benzene rings is 2. The molecule has 0 fully saturated rings. The molecule has 1 aliphatic carbocycles. The zero-order valence-corrected chi connectivity index (χ0v) is 16.8. The van der Waals surface area contributed by atoms with Crippen LogP contribution in [0.4, 0.5) is 5.69 Å². The van der Waals surface area contributed by atoms with E-state index in [0.717, 1.165) is 38.2 Å². The Hall–Kier alpha value is -3.19. The molecular weight excluding hydrogens is 384 g/mol. The summed E-state index contributed by atoms with van der Waals surface area (Å²) in [4.78, 5) is 32.8. The molecule has 0 spiro atoms. The van der Waals surface area contributed by atoms with Gasteiger partial charge < -0.3 is 15.5 Å². The van der Waals surface area contributed by atoms with Gasteiger partial charge in [0.25, 0.3) is 0 Å². The first-order valence-corrected chi connectivity index (χ1v) is 10.1. The van der Waals surface area contributed by atoms with Crippen molar-refractivity contribution >= 4 is 23.5 Å². The van der Waals surface area contributed by atoms with E-state index in [9.17, 15) is 4.79 Å². The van der Waals surface area contributed by atoms with Gasteiger partial charge in [-0.2, -0.15) is 0 Å². The lowest BCUT2D eigenvalue weighted by molar-refractivity contribution is -0.159. The Labute approximate surface area is 175 Å². The summed E-state index contributed by atoms with van der Waals surface area (Å²) >= 11 is 0. The molecule has 0 saturated heterocycles. The van der Waals surface area contributed by atoms with Crippen LogP contribution in [0, 0.1) is 0 Å². The number of nitrogens with one attached hydrogen (secondary N) is 1. The monoisotopic (exact) mass is 410 g/mol. The van der Waals surface area contributed by atoms with Crippen LogP contribution in [0.3, 0.4) is 0 Å². The lowest BCUT2D eigenvalue weighted by atomic mass is 10.00. The van der Waals surface area contributed by atoms with E-state index in [1.54, 1.807) is 0 Å². The molecule has 2 aromatic rings. The minimum absolute atomic E-state index is 0.117. The molecule has 0 aromatic heterocycles. The first kappa shape index (κ1) is 21.5. The van der Waals surface area contributed by atoms with Crippen molar-refractivity contribution < 1.29 is 24.6 Å². The van der Waals surface area contributed by atoms with Crippen LogP contribution in [0.15, 0.2) is 42.5 Å². The molecule has 158 valence electrons. The van der Waals surface area contributed by atoms with Gasteiger partial charge in [-0.25, -0.2) is 9.59 Å². The highest BCUT2D eigenvalue weighted by molar-refractivity contribution is 6.27. The number of fused-ring (bicyclic) bond motifs is 2. The minimum atomic E-state index is -1.82. The number of aryl methyl sites for hydroxylation is 2. The number of carbonyl (C=O) groups excluding carboxylic acids is 1. The second-order valence-electron chi connectivity index (χ2n) is 7.54. The number of anilines is 1. The molecule has 2 aliphatic rings. The third kappa shape index (κ3) is 5.90. The second kappa shape index (κ2) is 10.0. The summed E-state index contributed by atoms with van der Waals surface area (Å²) in [5.74, 6) is -3.53. The van der Waals surface area contributed by atoms with Crippen LogP contribution >= 0.6 is 0 Å². The van der Waals surface area contributed by atoms with Crippen molar-refractivity contribution in [3.05, 3.63) is 64.7 Å². The van der Waals surface area contributed by atoms with E-state index in [0.29, 0.717) is 6.42 Å². The standard InChI is InChI=1S/C21H24N2O.C2H2O4/c24-21(22-20-9-8-16-6-3-7-18(16)14-20)11-13-23-12-10-17-4-1-2-5-19(17)15-23;3-1(4)2(5)6/h1-2,4-5,8-9,14H,3,6-7,10-13,15H2,(H,22,24);(H,3,4)(H,5,6). The maximum Gasteiger partial charge on any atom is 0.414 e. The number of carbonyl (C=O) groups is 3. The third-order valence-electron chi connectivity index (χ3n) is 5.43. The zero-order valence-electron chi connectivity index (χ0n) is 16.8. The molecule has 0 saturated carbocycles. The maximum atomic E-state index is 12.3. The van der Waals surface area contributed by atoms with Gasteiger partial charge in [-0.3, -0.25) is 9.69 Å². The van der Waals surface area contributed by atoms with Crippen molar-refractivity contribution in [3.63, 3.8) is 0 Å². The van der Waals surface area contributed by atoms with Crippen LogP contribution in [-0.2, 0) is 40.2 Å². The molecule has 0 bridgehead atoms. The number of amides is 1. The highest BCUT2D eigenvalue weighted by Gasteiger charge is 2.17. The summed E-state index contributed by atoms with van der Waals surface area (Å²) in [6, 6.07) is 15.0. The zero-order chi connectivity index (χ0) is 21.5. The Kier molecular flexibility index (Phi) is 7.19. The number of hydrogen-bond donors (Lipinski definition) is 3. The summed E-state index contributed by atoms with van der Waals surface area (Å²) in [5, 5.41) is 17.8. The number of carboxylic acid groups (broad SMARTS) is 2. The normalized spacial score (nSPS) is 14.7. The molecule has 3 N–H and O–H groups in total. The lowest BCUT2D eigenvalue weighted by Gasteiger charge is -2.28. The number of rotatable bonds is 4. The molecule has 4 rings (SSSR count). The van der Waals surface area contributed by atoms with E-state index in [2.05, 4.69) is 46.6 Å². The van der Waals surface area contributed by atoms with Gasteiger partial charge in [0.1, 0.15) is 0 Å². The predicted molar refractivity (Wildman–Crippen MR) is 112 cm³/mol. The van der Waals surface area contributed by atoms with E-state index in [1.165, 1.54) is 35.1 Å². The van der Waals surface area contributed by atoms with Gasteiger partial charge >= 0.3 is 11.9 Å². The summed E-state index contributed by atoms with van der Waals surface area (Å²) < 4.78 is 0. The minimum Gasteiger partial charge on any atom is -0.473 e. The van der Waals surface area contributed by atoms with E-state index in [1.807, 2.05) is 6.07 Å². The van der Waals surface area contributed by atoms with E-state index >= 15 is 0 Å². The van der Waals surface area contributed by atoms with Crippen molar-refractivity contribution in [2.45, 2.75) is 38.6 Å². The molecule has 7 nitrogen and oxygen atoms in total. The lowest BCUT2D eigenvalue weighted by Crippen LogP contribution is -2.33. The molecule has 1 amide bonds. The second-order valence-corrected chi connectivity index (χ2v) is 7.54. The molecule has 0 atom stereocenters. The van der Waals surface area contributed by atoms with E-state index in [-0.39, 0.29) is 5.91 Å². The molecule has 2 aromatic carbocycles. The third-order valence-corrected chi connectivity index (χ3v) is 5.43. The average molecular weight is 410 g/mol. The topological polar surface area (TPSA) is 107 Å². The largest absolute Gasteiger partial charge is 0.473 e. The van der Waals surface area contributed by atoms with Gasteiger partial charge in [-0.05, 0) is 60.1 Å². The number of nitrogens with zero attached hydrogens (tertiary/aromatic N) is 1. The molecule has 7 heteroatoms. The van der Waals surface area contributed by atoms with Gasteiger partial charge in [0.2, 0.25) is 5.91 Å². The van der Waals surface area contributed by atoms with Crippen LogP contribution in [0.5, 0.6) is 0 Å². The Morgan fingerprint density at radius 3 is 2.27 bits per heavy atom. The van der Waals surface area contributed by atoms with Crippen LogP contribution in [0.25, 0.3) is 0 Å². The van der Waals surface area contributed by atoms with Gasteiger partial charge in [-0.1, -0.05) is 30.3 Å². The first-order chi connectivity index (χ1) is 14.4. The van der Waals surface area contributed by atoms with Gasteiger partial charge in [0, 0.05) is 31.7 Å². The fourth-order valence-electron chi connectivity index (χ4n) is 3.88. The van der Waals surface area contributed by atoms with Crippen LogP contribution in [0.1, 0.15) is 35.1 Å². The number of hydrogen-bond acceptors (Lipinski definition) is 4. The Morgan fingerprint density at radius 1 is 0.867 bits per heavy atom. The Balaban J connectivity index is 0.000000377. The van der Waals surface area contributed by atoms with Gasteiger partial charge in [-0.15, -0.1) is 0 Å². The highest BCUT2D eigenvalue weighted by Crippen LogP contribution is 2.25. The Bertz CT molecular complexity index is 929. The van der Waals surface area contributed by atoms with E-state index < -0.39 is 11.9 Å². The number of aliphatic carboxylic acids is 2. The quantitative estimate of drug-likeness (QED) is 0.669. The average Bonchev–Trinajstić information content (AvgIpc) is 3.20. The van der Waals surface area contributed by atoms with Gasteiger partial charge in [0.05, 0.1) is 0 Å². The number of carboxylic acids is 2. The summed E-state index contributed by atoms with van der Waals surface area (Å²) in [6.45, 7) is 2.83. The first-order valence-electron chi connectivity index (χ1n) is 10.1. The van der Waals surface area contributed by atoms with Gasteiger partial charge in [0.15, 0.2) is 0 Å². The van der Waals surface area contributed by atoms with Crippen molar-refractivity contribution in [3.8, 4) is 0 Å². The Morgan fingerprint density at radius 2 is 1.53 bits per heavy atom. The molecule has 0 unspecified atom stereocenters. The predicted octanol–water partition coefficient (Wildman–Crippen LogP) is 2.72.